The Morgan fingerprint density at radius 2 is 2.00 bits per heavy atom. The first-order valence-electron chi connectivity index (χ1n) is 4.31. The van der Waals surface area contributed by atoms with Gasteiger partial charge in [0.05, 0.1) is 0 Å². The first-order valence-corrected chi connectivity index (χ1v) is 4.31. The number of hydrogen-bond donors (Lipinski definition) is 3. The van der Waals surface area contributed by atoms with Crippen LogP contribution < -0.4 is 5.32 Å². The summed E-state index contributed by atoms with van der Waals surface area (Å²) < 4.78 is 0. The number of carbonyl (C=O) groups is 1. The van der Waals surface area contributed by atoms with E-state index in [4.69, 9.17) is 10.2 Å². The molecule has 0 saturated heterocycles. The Labute approximate surface area is 82.2 Å². The fourth-order valence-corrected chi connectivity index (χ4v) is 1.18. The molecule has 0 amide bonds. The van der Waals surface area contributed by atoms with Crippen molar-refractivity contribution in [3.8, 4) is 5.75 Å². The summed E-state index contributed by atoms with van der Waals surface area (Å²) in [6.45, 7) is 0. The number of rotatable bonds is 4. The van der Waals surface area contributed by atoms with E-state index in [1.807, 2.05) is 0 Å². The maximum Gasteiger partial charge on any atom is 0.321 e. The lowest BCUT2D eigenvalue weighted by atomic mass is 10.1. The van der Waals surface area contributed by atoms with Gasteiger partial charge >= 0.3 is 5.97 Å². The van der Waals surface area contributed by atoms with Gasteiger partial charge < -0.3 is 15.5 Å². The monoisotopic (exact) mass is 195 g/mol. The van der Waals surface area contributed by atoms with Gasteiger partial charge in [-0.2, -0.15) is 0 Å². The Morgan fingerprint density at radius 3 is 2.43 bits per heavy atom. The highest BCUT2D eigenvalue weighted by Gasteiger charge is 2.14. The van der Waals surface area contributed by atoms with Gasteiger partial charge in [0.2, 0.25) is 0 Å². The summed E-state index contributed by atoms with van der Waals surface area (Å²) in [5.41, 5.74) is 0.879. The zero-order chi connectivity index (χ0) is 10.6. The maximum atomic E-state index is 10.7. The lowest BCUT2D eigenvalue weighted by Crippen LogP contribution is -2.35. The van der Waals surface area contributed by atoms with E-state index in [0.29, 0.717) is 6.42 Å². The van der Waals surface area contributed by atoms with Gasteiger partial charge in [-0.05, 0) is 31.2 Å². The summed E-state index contributed by atoms with van der Waals surface area (Å²) in [7, 11) is 1.61. The molecule has 0 heterocycles. The van der Waals surface area contributed by atoms with Gasteiger partial charge in [0.15, 0.2) is 0 Å². The number of nitrogens with one attached hydrogen (secondary N) is 1. The predicted molar refractivity (Wildman–Crippen MR) is 52.3 cm³/mol. The number of benzene rings is 1. The normalized spacial score (nSPS) is 12.4. The SMILES string of the molecule is CNC(Cc1ccc(O)cc1)C(=O)O. The third-order valence-electron chi connectivity index (χ3n) is 2.02. The Kier molecular flexibility index (Phi) is 3.48. The van der Waals surface area contributed by atoms with Crippen molar-refractivity contribution in [3.05, 3.63) is 29.8 Å². The standard InChI is InChI=1S/C10H13NO3/c1-11-9(10(13)14)6-7-2-4-8(12)5-3-7/h2-5,9,11-12H,6H2,1H3,(H,13,14). The molecule has 1 atom stereocenters. The van der Waals surface area contributed by atoms with Crippen molar-refractivity contribution >= 4 is 5.97 Å². The van der Waals surface area contributed by atoms with Crippen molar-refractivity contribution in [3.63, 3.8) is 0 Å². The molecule has 14 heavy (non-hydrogen) atoms. The van der Waals surface area contributed by atoms with Crippen LogP contribution in [-0.4, -0.2) is 29.3 Å². The Bertz CT molecular complexity index is 308. The van der Waals surface area contributed by atoms with Crippen LogP contribution in [0.1, 0.15) is 5.56 Å². The molecule has 0 aromatic heterocycles. The number of hydrogen-bond acceptors (Lipinski definition) is 3. The second-order valence-electron chi connectivity index (χ2n) is 3.05. The molecule has 4 nitrogen and oxygen atoms in total. The van der Waals surface area contributed by atoms with E-state index in [0.717, 1.165) is 5.56 Å². The fraction of sp³-hybridized carbons (Fsp3) is 0.300. The van der Waals surface area contributed by atoms with Gasteiger partial charge in [0, 0.05) is 0 Å². The summed E-state index contributed by atoms with van der Waals surface area (Å²) in [5, 5.41) is 20.5. The number of likely N-dealkylation sites (N-methyl/N-ethyl adjacent to an activating group) is 1. The Hall–Kier alpha value is -1.55. The average Bonchev–Trinajstić information content (AvgIpc) is 2.16. The molecule has 4 heteroatoms. The minimum absolute atomic E-state index is 0.185. The average molecular weight is 195 g/mol. The van der Waals surface area contributed by atoms with Gasteiger partial charge in [-0.3, -0.25) is 4.79 Å². The lowest BCUT2D eigenvalue weighted by molar-refractivity contribution is -0.139. The molecule has 1 unspecified atom stereocenters. The van der Waals surface area contributed by atoms with Gasteiger partial charge in [-0.1, -0.05) is 12.1 Å². The van der Waals surface area contributed by atoms with Crippen LogP contribution in [0.25, 0.3) is 0 Å². The topological polar surface area (TPSA) is 69.6 Å². The van der Waals surface area contributed by atoms with E-state index >= 15 is 0 Å². The van der Waals surface area contributed by atoms with E-state index < -0.39 is 12.0 Å². The highest BCUT2D eigenvalue weighted by Crippen LogP contribution is 2.11. The zero-order valence-corrected chi connectivity index (χ0v) is 7.90. The van der Waals surface area contributed by atoms with Crippen molar-refractivity contribution in [2.24, 2.45) is 0 Å². The highest BCUT2D eigenvalue weighted by atomic mass is 16.4. The number of phenolic OH excluding ortho intramolecular Hbond substituents is 1. The summed E-state index contributed by atoms with van der Waals surface area (Å²) in [4.78, 5) is 10.7. The smallest absolute Gasteiger partial charge is 0.321 e. The maximum absolute atomic E-state index is 10.7. The van der Waals surface area contributed by atoms with Crippen molar-refractivity contribution in [1.29, 1.82) is 0 Å². The molecular weight excluding hydrogens is 182 g/mol. The molecule has 1 aromatic rings. The van der Waals surface area contributed by atoms with Gasteiger partial charge in [-0.25, -0.2) is 0 Å². The van der Waals surface area contributed by atoms with Gasteiger partial charge in [-0.15, -0.1) is 0 Å². The van der Waals surface area contributed by atoms with E-state index in [9.17, 15) is 4.79 Å². The number of carboxylic acid groups (broad SMARTS) is 1. The van der Waals surface area contributed by atoms with E-state index in [-0.39, 0.29) is 5.75 Å². The molecule has 0 radical (unpaired) electrons. The second kappa shape index (κ2) is 4.62. The molecular formula is C10H13NO3. The van der Waals surface area contributed by atoms with E-state index in [1.54, 1.807) is 31.3 Å². The second-order valence-corrected chi connectivity index (χ2v) is 3.05. The molecule has 0 aliphatic rings. The molecule has 0 fully saturated rings. The van der Waals surface area contributed by atoms with E-state index in [1.165, 1.54) is 0 Å². The number of carboxylic acids is 1. The van der Waals surface area contributed by atoms with Crippen molar-refractivity contribution in [2.75, 3.05) is 7.05 Å². The molecule has 0 bridgehead atoms. The fourth-order valence-electron chi connectivity index (χ4n) is 1.18. The third-order valence-corrected chi connectivity index (χ3v) is 2.02. The highest BCUT2D eigenvalue weighted by molar-refractivity contribution is 5.73. The number of phenols is 1. The van der Waals surface area contributed by atoms with Crippen LogP contribution in [0, 0.1) is 0 Å². The predicted octanol–water partition coefficient (Wildman–Crippen LogP) is 0.607. The van der Waals surface area contributed by atoms with Gasteiger partial charge in [0.1, 0.15) is 11.8 Å². The molecule has 3 N–H and O–H groups in total. The summed E-state index contributed by atoms with van der Waals surface area (Å²) in [6, 6.07) is 5.93. The minimum atomic E-state index is -0.874. The Morgan fingerprint density at radius 1 is 1.43 bits per heavy atom. The van der Waals surface area contributed by atoms with E-state index in [2.05, 4.69) is 5.32 Å². The summed E-state index contributed by atoms with van der Waals surface area (Å²) in [5.74, 6) is -0.689. The quantitative estimate of drug-likeness (QED) is 0.658. The van der Waals surface area contributed by atoms with Crippen LogP contribution >= 0.6 is 0 Å². The molecule has 0 spiro atoms. The molecule has 76 valence electrons. The van der Waals surface area contributed by atoms with Crippen molar-refractivity contribution in [1.82, 2.24) is 5.32 Å². The number of aliphatic carboxylic acids is 1. The van der Waals surface area contributed by atoms with Crippen LogP contribution in [0.3, 0.4) is 0 Å². The molecule has 1 aromatic carbocycles. The Balaban J connectivity index is 2.67. The van der Waals surface area contributed by atoms with Crippen LogP contribution in [0.15, 0.2) is 24.3 Å². The van der Waals surface area contributed by atoms with Gasteiger partial charge in [0.25, 0.3) is 0 Å². The molecule has 0 saturated carbocycles. The number of aromatic hydroxyl groups is 1. The first kappa shape index (κ1) is 10.5. The minimum Gasteiger partial charge on any atom is -0.508 e. The molecule has 1 rings (SSSR count). The summed E-state index contributed by atoms with van der Waals surface area (Å²) >= 11 is 0. The zero-order valence-electron chi connectivity index (χ0n) is 7.90. The van der Waals surface area contributed by atoms with Crippen molar-refractivity contribution < 1.29 is 15.0 Å². The van der Waals surface area contributed by atoms with Crippen LogP contribution in [0.5, 0.6) is 5.75 Å². The third kappa shape index (κ3) is 2.74. The largest absolute Gasteiger partial charge is 0.508 e. The van der Waals surface area contributed by atoms with Crippen LogP contribution in [0.4, 0.5) is 0 Å². The lowest BCUT2D eigenvalue weighted by Gasteiger charge is -2.10. The van der Waals surface area contributed by atoms with Crippen LogP contribution in [0.2, 0.25) is 0 Å². The van der Waals surface area contributed by atoms with Crippen molar-refractivity contribution in [2.45, 2.75) is 12.5 Å². The van der Waals surface area contributed by atoms with Crippen LogP contribution in [-0.2, 0) is 11.2 Å². The molecule has 0 aliphatic carbocycles. The molecule has 0 aliphatic heterocycles. The first-order chi connectivity index (χ1) is 6.63. The summed E-state index contributed by atoms with van der Waals surface area (Å²) in [6.07, 6.45) is 0.409.